The summed E-state index contributed by atoms with van der Waals surface area (Å²) >= 11 is 5.94. The second kappa shape index (κ2) is 10.7. The van der Waals surface area contributed by atoms with E-state index in [1.165, 1.54) is 18.2 Å². The van der Waals surface area contributed by atoms with Crippen molar-refractivity contribution in [2.75, 3.05) is 38.6 Å². The third kappa shape index (κ3) is 6.38. The zero-order chi connectivity index (χ0) is 24.2. The molecule has 0 spiro atoms. The molecule has 1 heterocycles. The van der Waals surface area contributed by atoms with E-state index in [4.69, 9.17) is 21.1 Å². The van der Waals surface area contributed by atoms with Gasteiger partial charge in [-0.1, -0.05) is 24.6 Å². The summed E-state index contributed by atoms with van der Waals surface area (Å²) in [6.07, 6.45) is -0.133. The molecule has 0 radical (unpaired) electrons. The molecule has 3 rings (SSSR count). The Hall–Kier alpha value is -2.33. The lowest BCUT2D eigenvalue weighted by molar-refractivity contribution is 0.0281. The Balaban J connectivity index is 1.92. The number of nitrogens with zero attached hydrogens (tertiary/aromatic N) is 1. The molecule has 180 valence electrons. The Bertz CT molecular complexity index is 1100. The van der Waals surface area contributed by atoms with Gasteiger partial charge in [-0.15, -0.1) is 0 Å². The minimum atomic E-state index is -3.87. The zero-order valence-corrected chi connectivity index (χ0v) is 20.7. The average molecular weight is 496 g/mol. The van der Waals surface area contributed by atoms with Crippen LogP contribution in [0.25, 0.3) is 0 Å². The van der Waals surface area contributed by atoms with Gasteiger partial charge in [-0.2, -0.15) is 0 Å². The third-order valence-corrected chi connectivity index (χ3v) is 7.20. The van der Waals surface area contributed by atoms with Crippen LogP contribution in [0.4, 0.5) is 5.69 Å². The van der Waals surface area contributed by atoms with Gasteiger partial charge in [0.05, 0.1) is 22.3 Å². The maximum atomic E-state index is 13.2. The summed E-state index contributed by atoms with van der Waals surface area (Å²) in [7, 11) is -0.515. The summed E-state index contributed by atoms with van der Waals surface area (Å²) in [6, 6.07) is 10.6. The number of hydrogen-bond acceptors (Lipinski definition) is 6. The number of sulfonamides is 1. The fraction of sp³-hybridized carbons (Fsp3) is 0.435. The predicted octanol–water partition coefficient (Wildman–Crippen LogP) is 3.23. The fourth-order valence-electron chi connectivity index (χ4n) is 3.57. The molecule has 0 bridgehead atoms. The molecule has 8 nitrogen and oxygen atoms in total. The van der Waals surface area contributed by atoms with Gasteiger partial charge in [-0.25, -0.2) is 8.42 Å². The van der Waals surface area contributed by atoms with Crippen LogP contribution in [0.3, 0.4) is 0 Å². The van der Waals surface area contributed by atoms with E-state index >= 15 is 0 Å². The molecule has 1 aliphatic heterocycles. The molecular formula is C23H30ClN3O5S. The molecule has 3 atom stereocenters. The number of nitrogens with one attached hydrogen (secondary N) is 2. The standard InChI is InChI=1S/C23H30ClN3O5S/c1-15-12-25-16(2)14-32-21-11-18(26-33(29,30)19-7-5-6-17(24)10-19)8-9-20(21)23(28)27(3)13-22(15)31-4/h5-11,15-16,22,25-26H,12-14H2,1-4H3/t15-,16-,22+/m0/s1. The summed E-state index contributed by atoms with van der Waals surface area (Å²) in [5.41, 5.74) is 0.624. The highest BCUT2D eigenvalue weighted by Crippen LogP contribution is 2.28. The van der Waals surface area contributed by atoms with E-state index in [0.29, 0.717) is 36.0 Å². The van der Waals surface area contributed by atoms with E-state index in [9.17, 15) is 13.2 Å². The number of ether oxygens (including phenoxy) is 2. The quantitative estimate of drug-likeness (QED) is 0.676. The number of likely N-dealkylation sites (N-methyl/N-ethyl adjacent to an activating group) is 1. The molecule has 1 amide bonds. The second-order valence-electron chi connectivity index (χ2n) is 8.33. The minimum Gasteiger partial charge on any atom is -0.491 e. The van der Waals surface area contributed by atoms with E-state index in [-0.39, 0.29) is 34.6 Å². The third-order valence-electron chi connectivity index (χ3n) is 5.59. The van der Waals surface area contributed by atoms with E-state index in [1.807, 2.05) is 6.92 Å². The van der Waals surface area contributed by atoms with Crippen LogP contribution in [0.5, 0.6) is 5.75 Å². The number of methoxy groups -OCH3 is 1. The van der Waals surface area contributed by atoms with Gasteiger partial charge in [0.2, 0.25) is 0 Å². The molecule has 0 saturated heterocycles. The Kier molecular flexibility index (Phi) is 8.23. The molecule has 2 N–H and O–H groups in total. The lowest BCUT2D eigenvalue weighted by atomic mass is 10.0. The van der Waals surface area contributed by atoms with Gasteiger partial charge in [0.25, 0.3) is 15.9 Å². The van der Waals surface area contributed by atoms with Crippen molar-refractivity contribution in [1.82, 2.24) is 10.2 Å². The minimum absolute atomic E-state index is 0.0110. The van der Waals surface area contributed by atoms with Crippen molar-refractivity contribution in [3.63, 3.8) is 0 Å². The first-order chi connectivity index (χ1) is 15.6. The Morgan fingerprint density at radius 2 is 1.97 bits per heavy atom. The van der Waals surface area contributed by atoms with Crippen LogP contribution < -0.4 is 14.8 Å². The van der Waals surface area contributed by atoms with Gasteiger partial charge in [0.1, 0.15) is 12.4 Å². The lowest BCUT2D eigenvalue weighted by Crippen LogP contribution is -2.44. The highest BCUT2D eigenvalue weighted by Gasteiger charge is 2.26. The molecule has 2 aromatic carbocycles. The SMILES string of the molecule is CO[C@@H]1CN(C)C(=O)c2ccc(NS(=O)(=O)c3cccc(Cl)c3)cc2OC[C@H](C)NC[C@@H]1C. The van der Waals surface area contributed by atoms with E-state index < -0.39 is 10.0 Å². The first-order valence-electron chi connectivity index (χ1n) is 10.7. The molecule has 0 fully saturated rings. The number of carbonyl (C=O) groups is 1. The Labute approximate surface area is 200 Å². The summed E-state index contributed by atoms with van der Waals surface area (Å²) < 4.78 is 39.7. The monoisotopic (exact) mass is 495 g/mol. The molecule has 2 aromatic rings. The van der Waals surface area contributed by atoms with Gasteiger partial charge >= 0.3 is 0 Å². The van der Waals surface area contributed by atoms with Crippen LogP contribution in [0.1, 0.15) is 24.2 Å². The first-order valence-corrected chi connectivity index (χ1v) is 12.5. The molecule has 1 aliphatic rings. The van der Waals surface area contributed by atoms with Crippen molar-refractivity contribution in [2.45, 2.75) is 30.9 Å². The molecular weight excluding hydrogens is 466 g/mol. The summed E-state index contributed by atoms with van der Waals surface area (Å²) in [5.74, 6) is 0.258. The normalized spacial score (nSPS) is 22.5. The lowest BCUT2D eigenvalue weighted by Gasteiger charge is -2.30. The number of benzene rings is 2. The summed E-state index contributed by atoms with van der Waals surface area (Å²) in [4.78, 5) is 14.8. The largest absolute Gasteiger partial charge is 0.491 e. The van der Waals surface area contributed by atoms with Gasteiger partial charge in [0.15, 0.2) is 0 Å². The number of carbonyl (C=O) groups excluding carboxylic acids is 1. The van der Waals surface area contributed by atoms with Crippen LogP contribution in [0.15, 0.2) is 47.4 Å². The molecule has 0 aliphatic carbocycles. The van der Waals surface area contributed by atoms with Crippen molar-refractivity contribution >= 4 is 33.2 Å². The van der Waals surface area contributed by atoms with E-state index in [2.05, 4.69) is 17.0 Å². The molecule has 0 aromatic heterocycles. The number of amides is 1. The van der Waals surface area contributed by atoms with Crippen LogP contribution in [-0.4, -0.2) is 65.2 Å². The highest BCUT2D eigenvalue weighted by atomic mass is 35.5. The van der Waals surface area contributed by atoms with Crippen molar-refractivity contribution in [1.29, 1.82) is 0 Å². The molecule has 33 heavy (non-hydrogen) atoms. The van der Waals surface area contributed by atoms with Crippen molar-refractivity contribution in [2.24, 2.45) is 5.92 Å². The van der Waals surface area contributed by atoms with Crippen LogP contribution in [-0.2, 0) is 14.8 Å². The van der Waals surface area contributed by atoms with E-state index in [1.54, 1.807) is 43.3 Å². The number of anilines is 1. The van der Waals surface area contributed by atoms with Crippen molar-refractivity contribution < 1.29 is 22.7 Å². The average Bonchev–Trinajstić information content (AvgIpc) is 2.78. The summed E-state index contributed by atoms with van der Waals surface area (Å²) in [5, 5.41) is 3.74. The van der Waals surface area contributed by atoms with Crippen molar-refractivity contribution in [3.8, 4) is 5.75 Å². The summed E-state index contributed by atoms with van der Waals surface area (Å²) in [6.45, 7) is 5.48. The topological polar surface area (TPSA) is 97.0 Å². The predicted molar refractivity (Wildman–Crippen MR) is 129 cm³/mol. The number of rotatable bonds is 4. The van der Waals surface area contributed by atoms with Crippen LogP contribution >= 0.6 is 11.6 Å². The smallest absolute Gasteiger partial charge is 0.261 e. The fourth-order valence-corrected chi connectivity index (χ4v) is 4.92. The maximum Gasteiger partial charge on any atom is 0.261 e. The van der Waals surface area contributed by atoms with Gasteiger partial charge < -0.3 is 19.7 Å². The van der Waals surface area contributed by atoms with Crippen molar-refractivity contribution in [3.05, 3.63) is 53.1 Å². The van der Waals surface area contributed by atoms with Gasteiger partial charge in [-0.3, -0.25) is 9.52 Å². The van der Waals surface area contributed by atoms with E-state index in [0.717, 1.165) is 0 Å². The number of halogens is 1. The first kappa shape index (κ1) is 25.3. The zero-order valence-electron chi connectivity index (χ0n) is 19.2. The number of fused-ring (bicyclic) bond motifs is 1. The van der Waals surface area contributed by atoms with Gasteiger partial charge in [-0.05, 0) is 43.2 Å². The molecule has 0 saturated carbocycles. The number of hydrogen-bond donors (Lipinski definition) is 2. The van der Waals surface area contributed by atoms with Gasteiger partial charge in [0, 0.05) is 44.4 Å². The molecule has 10 heteroatoms. The Morgan fingerprint density at radius 1 is 1.21 bits per heavy atom. The maximum absolute atomic E-state index is 13.2. The highest BCUT2D eigenvalue weighted by molar-refractivity contribution is 7.92. The van der Waals surface area contributed by atoms with Crippen LogP contribution in [0, 0.1) is 5.92 Å². The second-order valence-corrected chi connectivity index (χ2v) is 10.5. The Morgan fingerprint density at radius 3 is 2.67 bits per heavy atom. The molecule has 0 unspecified atom stereocenters. The van der Waals surface area contributed by atoms with Crippen LogP contribution in [0.2, 0.25) is 5.02 Å².